The van der Waals surface area contributed by atoms with E-state index in [1.165, 1.54) is 63.6 Å². The summed E-state index contributed by atoms with van der Waals surface area (Å²) in [7, 11) is 0. The van der Waals surface area contributed by atoms with Crippen LogP contribution in [-0.2, 0) is 0 Å². The number of benzene rings is 8. The molecule has 0 saturated carbocycles. The molecule has 0 bridgehead atoms. The van der Waals surface area contributed by atoms with Gasteiger partial charge in [-0.3, -0.25) is 0 Å². The van der Waals surface area contributed by atoms with E-state index in [-0.39, 0.29) is 0 Å². The predicted molar refractivity (Wildman–Crippen MR) is 209 cm³/mol. The SMILES string of the molecule is c1ccc(-c2cc(-c3cccc4sc5ccccc5c34)nc(-c3ccc(-c4c5ccccc5cc5c4ccc4ccccc45)cc3)n2)cc1. The number of rotatable bonds is 4. The van der Waals surface area contributed by atoms with Gasteiger partial charge in [-0.05, 0) is 67.7 Å². The summed E-state index contributed by atoms with van der Waals surface area (Å²) < 4.78 is 2.55. The first-order valence-electron chi connectivity index (χ1n) is 16.6. The minimum atomic E-state index is 0.716. The molecule has 0 atom stereocenters. The lowest BCUT2D eigenvalue weighted by Crippen LogP contribution is -1.96. The second-order valence-corrected chi connectivity index (χ2v) is 13.6. The molecule has 0 radical (unpaired) electrons. The highest BCUT2D eigenvalue weighted by Crippen LogP contribution is 2.42. The van der Waals surface area contributed by atoms with E-state index in [1.54, 1.807) is 0 Å². The van der Waals surface area contributed by atoms with Gasteiger partial charge in [-0.1, -0.05) is 146 Å². The van der Waals surface area contributed by atoms with Crippen LogP contribution in [0.25, 0.3) is 97.5 Å². The largest absolute Gasteiger partial charge is 0.228 e. The molecule has 3 heteroatoms. The number of aromatic nitrogens is 2. The van der Waals surface area contributed by atoms with Gasteiger partial charge in [0, 0.05) is 36.9 Å². The topological polar surface area (TPSA) is 25.8 Å². The fourth-order valence-corrected chi connectivity index (χ4v) is 8.51. The van der Waals surface area contributed by atoms with Crippen molar-refractivity contribution in [2.75, 3.05) is 0 Å². The van der Waals surface area contributed by atoms with E-state index in [0.29, 0.717) is 5.82 Å². The van der Waals surface area contributed by atoms with Crippen LogP contribution in [0, 0.1) is 0 Å². The van der Waals surface area contributed by atoms with E-state index in [2.05, 4.69) is 164 Å². The number of hydrogen-bond acceptors (Lipinski definition) is 3. The van der Waals surface area contributed by atoms with E-state index in [0.717, 1.165) is 28.1 Å². The molecular weight excluding hydrogens is 613 g/mol. The Labute approximate surface area is 287 Å². The first kappa shape index (κ1) is 27.9. The molecule has 2 aromatic heterocycles. The van der Waals surface area contributed by atoms with Crippen molar-refractivity contribution in [1.82, 2.24) is 9.97 Å². The molecule has 0 fully saturated rings. The molecule has 8 aromatic carbocycles. The maximum atomic E-state index is 5.27. The lowest BCUT2D eigenvalue weighted by molar-refractivity contribution is 1.19. The van der Waals surface area contributed by atoms with Crippen molar-refractivity contribution in [2.24, 2.45) is 0 Å². The summed E-state index contributed by atoms with van der Waals surface area (Å²) in [5.41, 5.74) is 7.45. The van der Waals surface area contributed by atoms with Crippen LogP contribution in [-0.4, -0.2) is 9.97 Å². The smallest absolute Gasteiger partial charge is 0.160 e. The zero-order chi connectivity index (χ0) is 32.3. The third kappa shape index (κ3) is 4.62. The summed E-state index contributed by atoms with van der Waals surface area (Å²) in [6.07, 6.45) is 0. The lowest BCUT2D eigenvalue weighted by atomic mass is 9.89. The molecule has 10 rings (SSSR count). The van der Waals surface area contributed by atoms with Crippen molar-refractivity contribution in [2.45, 2.75) is 0 Å². The van der Waals surface area contributed by atoms with E-state index in [1.807, 2.05) is 17.4 Å². The molecule has 0 saturated heterocycles. The van der Waals surface area contributed by atoms with Crippen molar-refractivity contribution in [3.8, 4) is 45.0 Å². The van der Waals surface area contributed by atoms with Gasteiger partial charge in [-0.25, -0.2) is 9.97 Å². The molecule has 0 spiro atoms. The summed E-state index contributed by atoms with van der Waals surface area (Å²) in [5.74, 6) is 0.716. The average Bonchev–Trinajstić information content (AvgIpc) is 3.56. The maximum absolute atomic E-state index is 5.27. The van der Waals surface area contributed by atoms with Crippen molar-refractivity contribution in [1.29, 1.82) is 0 Å². The molecule has 49 heavy (non-hydrogen) atoms. The van der Waals surface area contributed by atoms with Crippen molar-refractivity contribution in [3.05, 3.63) is 170 Å². The van der Waals surface area contributed by atoms with Gasteiger partial charge in [0.15, 0.2) is 5.82 Å². The van der Waals surface area contributed by atoms with Crippen molar-refractivity contribution in [3.63, 3.8) is 0 Å². The van der Waals surface area contributed by atoms with Gasteiger partial charge in [0.1, 0.15) is 0 Å². The number of fused-ring (bicyclic) bond motifs is 7. The van der Waals surface area contributed by atoms with E-state index >= 15 is 0 Å². The maximum Gasteiger partial charge on any atom is 0.160 e. The van der Waals surface area contributed by atoms with Gasteiger partial charge in [0.2, 0.25) is 0 Å². The van der Waals surface area contributed by atoms with Crippen LogP contribution in [0.3, 0.4) is 0 Å². The molecule has 10 aromatic rings. The first-order chi connectivity index (χ1) is 24.3. The highest BCUT2D eigenvalue weighted by molar-refractivity contribution is 7.25. The fourth-order valence-electron chi connectivity index (χ4n) is 7.38. The van der Waals surface area contributed by atoms with Gasteiger partial charge in [0.25, 0.3) is 0 Å². The predicted octanol–water partition coefficient (Wildman–Crippen LogP) is 13.0. The standard InChI is InChI=1S/C46H28N2S/c1-2-12-30(13-3-1)40-28-41(37-18-10-20-43-45(37)38-17-8-9-19-42(38)49-43)48-46(47-40)32-23-21-31(22-24-32)44-35-16-7-5-14-33(35)27-39-34-15-6-4-11-29(34)25-26-36(39)44/h1-28H. The van der Waals surface area contributed by atoms with E-state index in [9.17, 15) is 0 Å². The van der Waals surface area contributed by atoms with Crippen LogP contribution < -0.4 is 0 Å². The summed E-state index contributed by atoms with van der Waals surface area (Å²) >= 11 is 1.83. The van der Waals surface area contributed by atoms with Crippen molar-refractivity contribution < 1.29 is 0 Å². The first-order valence-corrected chi connectivity index (χ1v) is 17.4. The van der Waals surface area contributed by atoms with Crippen LogP contribution in [0.1, 0.15) is 0 Å². The second kappa shape index (κ2) is 11.2. The normalized spacial score (nSPS) is 11.7. The summed E-state index contributed by atoms with van der Waals surface area (Å²) in [6, 6.07) is 60.8. The van der Waals surface area contributed by atoms with Gasteiger partial charge < -0.3 is 0 Å². The number of hydrogen-bond donors (Lipinski definition) is 0. The van der Waals surface area contributed by atoms with Gasteiger partial charge in [-0.2, -0.15) is 0 Å². The zero-order valence-corrected chi connectivity index (χ0v) is 27.3. The Bertz CT molecular complexity index is 2870. The Hall–Kier alpha value is -6.16. The lowest BCUT2D eigenvalue weighted by Gasteiger charge is -2.15. The molecule has 0 amide bonds. The Morgan fingerprint density at radius 2 is 1.04 bits per heavy atom. The van der Waals surface area contributed by atoms with Gasteiger partial charge >= 0.3 is 0 Å². The fraction of sp³-hybridized carbons (Fsp3) is 0. The van der Waals surface area contributed by atoms with Crippen LogP contribution in [0.5, 0.6) is 0 Å². The van der Waals surface area contributed by atoms with Crippen molar-refractivity contribution >= 4 is 63.8 Å². The van der Waals surface area contributed by atoms with Crippen LogP contribution in [0.4, 0.5) is 0 Å². The monoisotopic (exact) mass is 640 g/mol. The molecule has 0 aliphatic carbocycles. The highest BCUT2D eigenvalue weighted by atomic mass is 32.1. The Morgan fingerprint density at radius 1 is 0.367 bits per heavy atom. The second-order valence-electron chi connectivity index (χ2n) is 12.5. The van der Waals surface area contributed by atoms with Crippen LogP contribution in [0.2, 0.25) is 0 Å². The van der Waals surface area contributed by atoms with Crippen LogP contribution in [0.15, 0.2) is 170 Å². The van der Waals surface area contributed by atoms with E-state index < -0.39 is 0 Å². The third-order valence-electron chi connectivity index (χ3n) is 9.68. The average molecular weight is 641 g/mol. The third-order valence-corrected chi connectivity index (χ3v) is 10.8. The number of thiophene rings is 1. The molecule has 0 aliphatic heterocycles. The van der Waals surface area contributed by atoms with Gasteiger partial charge in [-0.15, -0.1) is 11.3 Å². The Morgan fingerprint density at radius 3 is 1.90 bits per heavy atom. The zero-order valence-electron chi connectivity index (χ0n) is 26.5. The number of nitrogens with zero attached hydrogens (tertiary/aromatic N) is 2. The van der Waals surface area contributed by atoms with E-state index in [4.69, 9.17) is 9.97 Å². The molecule has 228 valence electrons. The Balaban J connectivity index is 1.16. The van der Waals surface area contributed by atoms with Gasteiger partial charge in [0.05, 0.1) is 11.4 Å². The molecular formula is C46H28N2S. The summed E-state index contributed by atoms with van der Waals surface area (Å²) in [4.78, 5) is 10.4. The molecule has 2 nitrogen and oxygen atoms in total. The molecule has 2 heterocycles. The summed E-state index contributed by atoms with van der Waals surface area (Å²) in [5, 5.41) is 10.1. The Kier molecular flexibility index (Phi) is 6.39. The highest BCUT2D eigenvalue weighted by Gasteiger charge is 2.17. The summed E-state index contributed by atoms with van der Waals surface area (Å²) in [6.45, 7) is 0. The minimum Gasteiger partial charge on any atom is -0.228 e. The quantitative estimate of drug-likeness (QED) is 0.141. The van der Waals surface area contributed by atoms with Crippen LogP contribution >= 0.6 is 11.3 Å². The molecule has 0 unspecified atom stereocenters. The molecule has 0 aliphatic rings. The molecule has 0 N–H and O–H groups in total. The minimum absolute atomic E-state index is 0.716.